The van der Waals surface area contributed by atoms with E-state index in [1.807, 2.05) is 6.07 Å². The molecule has 0 aliphatic carbocycles. The van der Waals surface area contributed by atoms with E-state index in [4.69, 9.17) is 0 Å². The number of aryl methyl sites for hydroxylation is 1. The summed E-state index contributed by atoms with van der Waals surface area (Å²) in [6.07, 6.45) is 0.0519. The van der Waals surface area contributed by atoms with E-state index in [2.05, 4.69) is 10.6 Å². The van der Waals surface area contributed by atoms with Crippen molar-refractivity contribution in [1.29, 1.82) is 0 Å². The van der Waals surface area contributed by atoms with Gasteiger partial charge in [0.15, 0.2) is 0 Å². The van der Waals surface area contributed by atoms with Crippen molar-refractivity contribution in [3.05, 3.63) is 59.4 Å². The minimum atomic E-state index is -0.620. The van der Waals surface area contributed by atoms with Gasteiger partial charge in [-0.3, -0.25) is 9.59 Å². The highest BCUT2D eigenvalue weighted by Gasteiger charge is 2.30. The molecule has 0 saturated heterocycles. The van der Waals surface area contributed by atoms with Gasteiger partial charge in [0, 0.05) is 12.1 Å². The predicted octanol–water partition coefficient (Wildman–Crippen LogP) is 3.20. The summed E-state index contributed by atoms with van der Waals surface area (Å²) in [5.74, 6) is -1.71. The lowest BCUT2D eigenvalue weighted by atomic mass is 9.90. The number of carbonyl (C=O) groups is 2. The second kappa shape index (κ2) is 5.60. The molecule has 0 saturated carbocycles. The molecule has 0 radical (unpaired) electrons. The number of fused-ring (bicyclic) bond motifs is 1. The molecule has 3 rings (SSSR count). The standard InChI is InChI=1S/C17H15FN2O2/c1-10-6-7-15(13(18)8-10)20-17(22)12-9-16(21)19-14-5-3-2-4-11(12)14/h2-8,12H,9H2,1H3,(H,19,21)(H,20,22). The normalized spacial score (nSPS) is 16.6. The van der Waals surface area contributed by atoms with E-state index in [9.17, 15) is 14.0 Å². The summed E-state index contributed by atoms with van der Waals surface area (Å²) in [6.45, 7) is 1.77. The van der Waals surface area contributed by atoms with Crippen LogP contribution < -0.4 is 10.6 Å². The molecular formula is C17H15FN2O2. The molecule has 0 spiro atoms. The van der Waals surface area contributed by atoms with Crippen LogP contribution in [-0.4, -0.2) is 11.8 Å². The number of hydrogen-bond acceptors (Lipinski definition) is 2. The number of halogens is 1. The molecule has 1 aliphatic heterocycles. The van der Waals surface area contributed by atoms with E-state index in [1.54, 1.807) is 31.2 Å². The van der Waals surface area contributed by atoms with Gasteiger partial charge in [-0.05, 0) is 36.2 Å². The van der Waals surface area contributed by atoms with Crippen LogP contribution in [0.4, 0.5) is 15.8 Å². The molecule has 0 fully saturated rings. The van der Waals surface area contributed by atoms with Crippen molar-refractivity contribution in [3.63, 3.8) is 0 Å². The fraction of sp³-hybridized carbons (Fsp3) is 0.176. The van der Waals surface area contributed by atoms with Gasteiger partial charge in [0.25, 0.3) is 0 Å². The molecule has 5 heteroatoms. The highest BCUT2D eigenvalue weighted by molar-refractivity contribution is 6.05. The Balaban J connectivity index is 1.88. The third-order valence-electron chi connectivity index (χ3n) is 3.70. The second-order valence-electron chi connectivity index (χ2n) is 5.36. The van der Waals surface area contributed by atoms with E-state index in [1.165, 1.54) is 12.1 Å². The maximum atomic E-state index is 13.9. The molecular weight excluding hydrogens is 283 g/mol. The zero-order valence-electron chi connectivity index (χ0n) is 12.0. The van der Waals surface area contributed by atoms with Crippen LogP contribution in [0.15, 0.2) is 42.5 Å². The average Bonchev–Trinajstić information content (AvgIpc) is 2.49. The Hall–Kier alpha value is -2.69. The van der Waals surface area contributed by atoms with Gasteiger partial charge in [0.05, 0.1) is 11.6 Å². The minimum absolute atomic E-state index is 0.0519. The molecule has 112 valence electrons. The fourth-order valence-corrected chi connectivity index (χ4v) is 2.59. The summed E-state index contributed by atoms with van der Waals surface area (Å²) in [5.41, 5.74) is 2.27. The number of benzene rings is 2. The van der Waals surface area contributed by atoms with Gasteiger partial charge in [-0.2, -0.15) is 0 Å². The SMILES string of the molecule is Cc1ccc(NC(=O)C2CC(=O)Nc3ccccc32)c(F)c1. The van der Waals surface area contributed by atoms with Gasteiger partial charge in [-0.25, -0.2) is 4.39 Å². The van der Waals surface area contributed by atoms with Crippen molar-refractivity contribution >= 4 is 23.2 Å². The van der Waals surface area contributed by atoms with Crippen LogP contribution >= 0.6 is 0 Å². The molecule has 1 aliphatic rings. The van der Waals surface area contributed by atoms with E-state index < -0.39 is 11.7 Å². The molecule has 4 nitrogen and oxygen atoms in total. The van der Waals surface area contributed by atoms with Crippen molar-refractivity contribution in [1.82, 2.24) is 0 Å². The quantitative estimate of drug-likeness (QED) is 0.894. The van der Waals surface area contributed by atoms with Crippen molar-refractivity contribution in [2.45, 2.75) is 19.3 Å². The lowest BCUT2D eigenvalue weighted by molar-refractivity contribution is -0.123. The molecule has 1 atom stereocenters. The number of anilines is 2. The first kappa shape index (κ1) is 14.3. The Morgan fingerprint density at radius 2 is 2.05 bits per heavy atom. The van der Waals surface area contributed by atoms with Gasteiger partial charge in [0.2, 0.25) is 11.8 Å². The van der Waals surface area contributed by atoms with E-state index in [-0.39, 0.29) is 23.9 Å². The predicted molar refractivity (Wildman–Crippen MR) is 82.2 cm³/mol. The molecule has 2 aromatic carbocycles. The van der Waals surface area contributed by atoms with E-state index in [0.29, 0.717) is 5.69 Å². The first-order valence-electron chi connectivity index (χ1n) is 7.00. The van der Waals surface area contributed by atoms with Gasteiger partial charge in [-0.15, -0.1) is 0 Å². The Kier molecular flexibility index (Phi) is 3.63. The van der Waals surface area contributed by atoms with Crippen molar-refractivity contribution in [2.24, 2.45) is 0 Å². The van der Waals surface area contributed by atoms with Crippen molar-refractivity contribution in [2.75, 3.05) is 10.6 Å². The number of amides is 2. The van der Waals surface area contributed by atoms with E-state index >= 15 is 0 Å². The summed E-state index contributed by atoms with van der Waals surface area (Å²) in [7, 11) is 0. The maximum absolute atomic E-state index is 13.9. The highest BCUT2D eigenvalue weighted by Crippen LogP contribution is 2.33. The Labute approximate surface area is 127 Å². The lowest BCUT2D eigenvalue weighted by Crippen LogP contribution is -2.30. The molecule has 1 heterocycles. The molecule has 2 aromatic rings. The first-order valence-corrected chi connectivity index (χ1v) is 7.00. The largest absolute Gasteiger partial charge is 0.326 e. The Bertz CT molecular complexity index is 758. The Morgan fingerprint density at radius 3 is 2.82 bits per heavy atom. The summed E-state index contributed by atoms with van der Waals surface area (Å²) in [6, 6.07) is 11.8. The number of para-hydroxylation sites is 1. The van der Waals surface area contributed by atoms with Gasteiger partial charge in [0.1, 0.15) is 5.82 Å². The van der Waals surface area contributed by atoms with Crippen LogP contribution in [0.2, 0.25) is 0 Å². The van der Waals surface area contributed by atoms with Gasteiger partial charge >= 0.3 is 0 Å². The van der Waals surface area contributed by atoms with Crippen LogP contribution in [0.3, 0.4) is 0 Å². The van der Waals surface area contributed by atoms with Crippen LogP contribution in [0, 0.1) is 12.7 Å². The van der Waals surface area contributed by atoms with E-state index in [0.717, 1.165) is 11.1 Å². The van der Waals surface area contributed by atoms with Crippen LogP contribution in [0.1, 0.15) is 23.5 Å². The fourth-order valence-electron chi connectivity index (χ4n) is 2.59. The smallest absolute Gasteiger partial charge is 0.232 e. The molecule has 2 amide bonds. The van der Waals surface area contributed by atoms with Gasteiger partial charge < -0.3 is 10.6 Å². The zero-order chi connectivity index (χ0) is 15.7. The third kappa shape index (κ3) is 2.70. The Morgan fingerprint density at radius 1 is 1.27 bits per heavy atom. The molecule has 0 aromatic heterocycles. The number of rotatable bonds is 2. The zero-order valence-corrected chi connectivity index (χ0v) is 12.0. The monoisotopic (exact) mass is 298 g/mol. The molecule has 2 N–H and O–H groups in total. The maximum Gasteiger partial charge on any atom is 0.232 e. The molecule has 0 bridgehead atoms. The van der Waals surface area contributed by atoms with Crippen LogP contribution in [0.5, 0.6) is 0 Å². The minimum Gasteiger partial charge on any atom is -0.326 e. The molecule has 1 unspecified atom stereocenters. The van der Waals surface area contributed by atoms with Crippen LogP contribution in [-0.2, 0) is 9.59 Å². The lowest BCUT2D eigenvalue weighted by Gasteiger charge is -2.24. The van der Waals surface area contributed by atoms with Crippen molar-refractivity contribution in [3.8, 4) is 0 Å². The summed E-state index contributed by atoms with van der Waals surface area (Å²) < 4.78 is 13.9. The number of carbonyl (C=O) groups excluding carboxylic acids is 2. The summed E-state index contributed by atoms with van der Waals surface area (Å²) in [5, 5.41) is 5.31. The summed E-state index contributed by atoms with van der Waals surface area (Å²) >= 11 is 0. The summed E-state index contributed by atoms with van der Waals surface area (Å²) in [4.78, 5) is 24.2. The van der Waals surface area contributed by atoms with Crippen LogP contribution in [0.25, 0.3) is 0 Å². The topological polar surface area (TPSA) is 58.2 Å². The third-order valence-corrected chi connectivity index (χ3v) is 3.70. The number of nitrogens with one attached hydrogen (secondary N) is 2. The second-order valence-corrected chi connectivity index (χ2v) is 5.36. The average molecular weight is 298 g/mol. The number of hydrogen-bond donors (Lipinski definition) is 2. The first-order chi connectivity index (χ1) is 10.5. The van der Waals surface area contributed by atoms with Gasteiger partial charge in [-0.1, -0.05) is 24.3 Å². The molecule has 22 heavy (non-hydrogen) atoms. The highest BCUT2D eigenvalue weighted by atomic mass is 19.1. The van der Waals surface area contributed by atoms with Crippen molar-refractivity contribution < 1.29 is 14.0 Å².